The first-order chi connectivity index (χ1) is 15.4. The van der Waals surface area contributed by atoms with Gasteiger partial charge in [-0.1, -0.05) is 23.7 Å². The van der Waals surface area contributed by atoms with Crippen LogP contribution in [-0.2, 0) is 0 Å². The van der Waals surface area contributed by atoms with Crippen molar-refractivity contribution in [2.24, 2.45) is 5.10 Å². The van der Waals surface area contributed by atoms with Gasteiger partial charge in [0.15, 0.2) is 11.5 Å². The van der Waals surface area contributed by atoms with Crippen LogP contribution in [0.2, 0.25) is 5.02 Å². The highest BCUT2D eigenvalue weighted by Crippen LogP contribution is 2.27. The predicted molar refractivity (Wildman–Crippen MR) is 125 cm³/mol. The number of nitrogens with one attached hydrogen (secondary N) is 2. The fraction of sp³-hybridized carbons (Fsp3) is 0.125. The second kappa shape index (κ2) is 10.5. The van der Waals surface area contributed by atoms with Crippen molar-refractivity contribution < 1.29 is 19.1 Å². The molecule has 3 aromatic rings. The molecule has 32 heavy (non-hydrogen) atoms. The van der Waals surface area contributed by atoms with E-state index in [2.05, 4.69) is 15.8 Å². The Balaban J connectivity index is 1.63. The number of hydrogen-bond donors (Lipinski definition) is 2. The fourth-order valence-electron chi connectivity index (χ4n) is 2.84. The van der Waals surface area contributed by atoms with Crippen LogP contribution in [0.5, 0.6) is 11.5 Å². The highest BCUT2D eigenvalue weighted by molar-refractivity contribution is 6.30. The number of methoxy groups -OCH3 is 2. The lowest BCUT2D eigenvalue weighted by Gasteiger charge is -2.09. The summed E-state index contributed by atoms with van der Waals surface area (Å²) in [6.07, 6.45) is 0. The minimum Gasteiger partial charge on any atom is -0.493 e. The third-order valence-electron chi connectivity index (χ3n) is 4.64. The molecule has 0 unspecified atom stereocenters. The first kappa shape index (κ1) is 22.8. The molecule has 0 aliphatic heterocycles. The van der Waals surface area contributed by atoms with E-state index >= 15 is 0 Å². The number of ether oxygens (including phenoxy) is 2. The molecule has 0 aromatic heterocycles. The molecule has 0 heterocycles. The lowest BCUT2D eigenvalue weighted by Crippen LogP contribution is -2.19. The minimum atomic E-state index is -0.378. The molecule has 0 aliphatic carbocycles. The summed E-state index contributed by atoms with van der Waals surface area (Å²) in [5.41, 5.74) is 5.46. The average Bonchev–Trinajstić information content (AvgIpc) is 2.82. The summed E-state index contributed by atoms with van der Waals surface area (Å²) in [5.74, 6) is 0.378. The molecule has 8 heteroatoms. The summed E-state index contributed by atoms with van der Waals surface area (Å²) < 4.78 is 10.4. The topological polar surface area (TPSA) is 89.0 Å². The Labute approximate surface area is 191 Å². The summed E-state index contributed by atoms with van der Waals surface area (Å²) in [6.45, 7) is 1.77. The SMILES string of the molecule is COc1ccc(C(=O)NN=C(C)c2ccc(NC(=O)c3ccc(Cl)cc3)cc2)cc1OC. The normalized spacial score (nSPS) is 10.9. The minimum absolute atomic E-state index is 0.234. The lowest BCUT2D eigenvalue weighted by atomic mass is 10.1. The quantitative estimate of drug-likeness (QED) is 0.400. The maximum absolute atomic E-state index is 12.4. The molecule has 0 saturated carbocycles. The predicted octanol–water partition coefficient (Wildman–Crippen LogP) is 4.76. The van der Waals surface area contributed by atoms with Crippen molar-refractivity contribution in [1.82, 2.24) is 5.43 Å². The van der Waals surface area contributed by atoms with Crippen molar-refractivity contribution in [2.75, 3.05) is 19.5 Å². The first-order valence-corrected chi connectivity index (χ1v) is 10.0. The van der Waals surface area contributed by atoms with Crippen LogP contribution in [0.15, 0.2) is 71.8 Å². The van der Waals surface area contributed by atoms with Crippen LogP contribution in [0.3, 0.4) is 0 Å². The molecule has 0 fully saturated rings. The highest BCUT2D eigenvalue weighted by Gasteiger charge is 2.11. The standard InChI is InChI=1S/C24H22ClN3O4/c1-15(27-28-24(30)18-8-13-21(31-2)22(14-18)32-3)16-6-11-20(12-7-16)26-23(29)17-4-9-19(25)10-5-17/h4-14H,1-3H3,(H,26,29)(H,28,30). The van der Waals surface area contributed by atoms with E-state index in [9.17, 15) is 9.59 Å². The Morgan fingerprint density at radius 2 is 1.38 bits per heavy atom. The molecular weight excluding hydrogens is 430 g/mol. The van der Waals surface area contributed by atoms with E-state index in [1.165, 1.54) is 14.2 Å². The number of hydrazone groups is 1. The van der Waals surface area contributed by atoms with Crippen molar-refractivity contribution in [2.45, 2.75) is 6.92 Å². The molecule has 3 aromatic carbocycles. The summed E-state index contributed by atoms with van der Waals surface area (Å²) >= 11 is 5.85. The largest absolute Gasteiger partial charge is 0.493 e. The zero-order valence-corrected chi connectivity index (χ0v) is 18.6. The van der Waals surface area contributed by atoms with Gasteiger partial charge >= 0.3 is 0 Å². The molecule has 0 radical (unpaired) electrons. The van der Waals surface area contributed by atoms with Crippen molar-refractivity contribution in [3.8, 4) is 11.5 Å². The van der Waals surface area contributed by atoms with Crippen molar-refractivity contribution >= 4 is 34.8 Å². The summed E-state index contributed by atoms with van der Waals surface area (Å²) in [7, 11) is 3.03. The van der Waals surface area contributed by atoms with Gasteiger partial charge < -0.3 is 14.8 Å². The molecule has 0 aliphatic rings. The Bertz CT molecular complexity index is 1140. The third-order valence-corrected chi connectivity index (χ3v) is 4.89. The van der Waals surface area contributed by atoms with E-state index < -0.39 is 0 Å². The molecule has 0 saturated heterocycles. The molecule has 2 N–H and O–H groups in total. The van der Waals surface area contributed by atoms with E-state index in [1.807, 2.05) is 0 Å². The van der Waals surface area contributed by atoms with E-state index in [1.54, 1.807) is 73.7 Å². The first-order valence-electron chi connectivity index (χ1n) is 9.65. The van der Waals surface area contributed by atoms with Crippen LogP contribution in [0, 0.1) is 0 Å². The Morgan fingerprint density at radius 1 is 0.781 bits per heavy atom. The number of hydrogen-bond acceptors (Lipinski definition) is 5. The number of carbonyl (C=O) groups excluding carboxylic acids is 2. The molecule has 0 bridgehead atoms. The van der Waals surface area contributed by atoms with Crippen molar-refractivity contribution in [3.05, 3.63) is 88.4 Å². The Kier molecular flexibility index (Phi) is 7.46. The number of carbonyl (C=O) groups is 2. The monoisotopic (exact) mass is 451 g/mol. The van der Waals surface area contributed by atoms with Crippen molar-refractivity contribution in [3.63, 3.8) is 0 Å². The smallest absolute Gasteiger partial charge is 0.271 e. The number of benzene rings is 3. The zero-order valence-electron chi connectivity index (χ0n) is 17.8. The number of rotatable bonds is 7. The lowest BCUT2D eigenvalue weighted by molar-refractivity contribution is 0.0953. The summed E-state index contributed by atoms with van der Waals surface area (Å²) in [5, 5.41) is 7.55. The van der Waals surface area contributed by atoms with E-state index in [0.29, 0.717) is 39.0 Å². The van der Waals surface area contributed by atoms with Gasteiger partial charge in [-0.15, -0.1) is 0 Å². The number of amides is 2. The summed E-state index contributed by atoms with van der Waals surface area (Å²) in [4.78, 5) is 24.7. The van der Waals surface area contributed by atoms with Crippen LogP contribution in [0.1, 0.15) is 33.2 Å². The second-order valence-corrected chi connectivity index (χ2v) is 7.18. The number of nitrogens with zero attached hydrogens (tertiary/aromatic N) is 1. The van der Waals surface area contributed by atoms with Crippen LogP contribution in [0.4, 0.5) is 5.69 Å². The summed E-state index contributed by atoms with van der Waals surface area (Å²) in [6, 6.07) is 18.6. The van der Waals surface area contributed by atoms with E-state index in [-0.39, 0.29) is 11.8 Å². The maximum Gasteiger partial charge on any atom is 0.271 e. The van der Waals surface area contributed by atoms with E-state index in [4.69, 9.17) is 21.1 Å². The van der Waals surface area contributed by atoms with Gasteiger partial charge in [-0.2, -0.15) is 5.10 Å². The van der Waals surface area contributed by atoms with Crippen LogP contribution >= 0.6 is 11.6 Å². The average molecular weight is 452 g/mol. The van der Waals surface area contributed by atoms with Gasteiger partial charge in [0.25, 0.3) is 11.8 Å². The molecular formula is C24H22ClN3O4. The van der Waals surface area contributed by atoms with Gasteiger partial charge in [0.2, 0.25) is 0 Å². The Hall–Kier alpha value is -3.84. The van der Waals surface area contributed by atoms with Crippen LogP contribution in [0.25, 0.3) is 0 Å². The van der Waals surface area contributed by atoms with Gasteiger partial charge in [0, 0.05) is 21.8 Å². The molecule has 0 atom stereocenters. The zero-order chi connectivity index (χ0) is 23.1. The second-order valence-electron chi connectivity index (χ2n) is 6.75. The van der Waals surface area contributed by atoms with Gasteiger partial charge in [-0.05, 0) is 67.1 Å². The van der Waals surface area contributed by atoms with Gasteiger partial charge in [-0.3, -0.25) is 9.59 Å². The van der Waals surface area contributed by atoms with Gasteiger partial charge in [0.05, 0.1) is 19.9 Å². The van der Waals surface area contributed by atoms with Crippen LogP contribution < -0.4 is 20.2 Å². The highest BCUT2D eigenvalue weighted by atomic mass is 35.5. The molecule has 2 amide bonds. The van der Waals surface area contributed by atoms with E-state index in [0.717, 1.165) is 5.56 Å². The van der Waals surface area contributed by atoms with Gasteiger partial charge in [0.1, 0.15) is 0 Å². The number of anilines is 1. The third kappa shape index (κ3) is 5.65. The molecule has 0 spiro atoms. The number of halogens is 1. The fourth-order valence-corrected chi connectivity index (χ4v) is 2.97. The Morgan fingerprint density at radius 3 is 2.00 bits per heavy atom. The molecule has 3 rings (SSSR count). The van der Waals surface area contributed by atoms with Crippen molar-refractivity contribution in [1.29, 1.82) is 0 Å². The molecule has 164 valence electrons. The molecule has 7 nitrogen and oxygen atoms in total. The van der Waals surface area contributed by atoms with Gasteiger partial charge in [-0.25, -0.2) is 5.43 Å². The maximum atomic E-state index is 12.4. The van der Waals surface area contributed by atoms with Crippen LogP contribution in [-0.4, -0.2) is 31.7 Å².